The van der Waals surface area contributed by atoms with Gasteiger partial charge in [-0.2, -0.15) is 0 Å². The lowest BCUT2D eigenvalue weighted by atomic mass is 10.1. The van der Waals surface area contributed by atoms with Gasteiger partial charge < -0.3 is 0 Å². The minimum absolute atomic E-state index is 0.861. The summed E-state index contributed by atoms with van der Waals surface area (Å²) in [7, 11) is -0.861. The Morgan fingerprint density at radius 3 is 1.86 bits per heavy atom. The largest absolute Gasteiger partial charge is 0.338 e. The molecule has 0 heterocycles. The molecule has 0 aromatic rings. The molecule has 0 radical (unpaired) electrons. The number of hydrogen-bond donors (Lipinski definition) is 0. The van der Waals surface area contributed by atoms with Crippen molar-refractivity contribution in [3.05, 3.63) is 0 Å². The topological polar surface area (TPSA) is 17.1 Å². The Labute approximate surface area is 90.5 Å². The van der Waals surface area contributed by atoms with Crippen molar-refractivity contribution in [1.29, 1.82) is 0 Å². The summed E-state index contributed by atoms with van der Waals surface area (Å²) in [5.74, 6) is 0. The van der Waals surface area contributed by atoms with E-state index in [9.17, 15) is 4.57 Å². The van der Waals surface area contributed by atoms with E-state index in [2.05, 4.69) is 13.8 Å². The van der Waals surface area contributed by atoms with Crippen molar-refractivity contribution in [3.63, 3.8) is 0 Å². The van der Waals surface area contributed by atoms with Crippen LogP contribution in [0.2, 0.25) is 0 Å². The van der Waals surface area contributed by atoms with Gasteiger partial charge >= 0.3 is 7.80 Å². The van der Waals surface area contributed by atoms with Crippen LogP contribution in [0.5, 0.6) is 0 Å². The second kappa shape index (κ2) is 11.2. The van der Waals surface area contributed by atoms with Crippen LogP contribution in [0, 0.1) is 0 Å². The summed E-state index contributed by atoms with van der Waals surface area (Å²) in [4.78, 5) is 0. The molecule has 0 saturated heterocycles. The van der Waals surface area contributed by atoms with Crippen LogP contribution in [-0.2, 0) is 4.57 Å². The van der Waals surface area contributed by atoms with Gasteiger partial charge in [-0.15, -0.1) is 0 Å². The van der Waals surface area contributed by atoms with Crippen LogP contribution in [0.25, 0.3) is 0 Å². The smallest absolute Gasteiger partial charge is 0.0748 e. The van der Waals surface area contributed by atoms with Gasteiger partial charge in [-0.25, -0.2) is 0 Å². The molecule has 1 atom stereocenters. The summed E-state index contributed by atoms with van der Waals surface area (Å²) in [6.45, 7) is 4.40. The minimum Gasteiger partial charge on any atom is -0.0748 e. The second-order valence-electron chi connectivity index (χ2n) is 4.05. The minimum atomic E-state index is -0.861. The molecule has 0 aliphatic heterocycles. The molecule has 0 saturated carbocycles. The third kappa shape index (κ3) is 10.2. The molecular weight excluding hydrogens is 191 g/mol. The van der Waals surface area contributed by atoms with Gasteiger partial charge in [0.1, 0.15) is 12.3 Å². The zero-order chi connectivity index (χ0) is 10.6. The SMILES string of the molecule is CCCCCCCC[P+](=O)CCCC. The van der Waals surface area contributed by atoms with Gasteiger partial charge in [-0.3, -0.25) is 0 Å². The van der Waals surface area contributed by atoms with E-state index in [1.807, 2.05) is 0 Å². The van der Waals surface area contributed by atoms with Crippen molar-refractivity contribution in [2.75, 3.05) is 12.3 Å². The fraction of sp³-hybridized carbons (Fsp3) is 1.00. The molecule has 0 aliphatic carbocycles. The first-order valence-electron chi connectivity index (χ1n) is 6.23. The molecule has 0 aliphatic rings. The average molecular weight is 217 g/mol. The molecule has 0 fully saturated rings. The monoisotopic (exact) mass is 217 g/mol. The third-order valence-electron chi connectivity index (χ3n) is 2.52. The lowest BCUT2D eigenvalue weighted by molar-refractivity contribution is 0.579. The number of hydrogen-bond acceptors (Lipinski definition) is 1. The van der Waals surface area contributed by atoms with Crippen molar-refractivity contribution in [2.45, 2.75) is 65.2 Å². The van der Waals surface area contributed by atoms with E-state index in [0.717, 1.165) is 18.7 Å². The van der Waals surface area contributed by atoms with Gasteiger partial charge in [0, 0.05) is 0 Å². The summed E-state index contributed by atoms with van der Waals surface area (Å²) in [5, 5.41) is 0. The van der Waals surface area contributed by atoms with Crippen molar-refractivity contribution in [3.8, 4) is 0 Å². The molecular formula is C12H26OP+. The van der Waals surface area contributed by atoms with E-state index in [1.165, 1.54) is 44.9 Å². The molecule has 0 bridgehead atoms. The lowest BCUT2D eigenvalue weighted by Gasteiger charge is -1.95. The Bertz CT molecular complexity index is 134. The highest BCUT2D eigenvalue weighted by molar-refractivity contribution is 7.44. The highest BCUT2D eigenvalue weighted by Gasteiger charge is 2.12. The maximum atomic E-state index is 11.4. The summed E-state index contributed by atoms with van der Waals surface area (Å²) in [6, 6.07) is 0. The fourth-order valence-corrected chi connectivity index (χ4v) is 2.98. The van der Waals surface area contributed by atoms with E-state index in [0.29, 0.717) is 0 Å². The van der Waals surface area contributed by atoms with Gasteiger partial charge in [0.25, 0.3) is 0 Å². The summed E-state index contributed by atoms with van der Waals surface area (Å²) < 4.78 is 11.4. The predicted octanol–water partition coefficient (Wildman–Crippen LogP) is 4.97. The van der Waals surface area contributed by atoms with Crippen LogP contribution in [0.1, 0.15) is 65.2 Å². The highest BCUT2D eigenvalue weighted by Crippen LogP contribution is 2.24. The molecule has 0 rings (SSSR count). The van der Waals surface area contributed by atoms with Gasteiger partial charge in [0.05, 0.1) is 0 Å². The molecule has 0 aromatic heterocycles. The summed E-state index contributed by atoms with van der Waals surface area (Å²) in [5.41, 5.74) is 0. The molecule has 0 aromatic carbocycles. The molecule has 0 N–H and O–H groups in total. The van der Waals surface area contributed by atoms with E-state index < -0.39 is 7.80 Å². The zero-order valence-corrected chi connectivity index (χ0v) is 10.8. The Morgan fingerprint density at radius 2 is 1.21 bits per heavy atom. The number of rotatable bonds is 10. The van der Waals surface area contributed by atoms with Crippen LogP contribution in [0.15, 0.2) is 0 Å². The molecule has 0 amide bonds. The molecule has 0 spiro atoms. The lowest BCUT2D eigenvalue weighted by Crippen LogP contribution is -1.85. The van der Waals surface area contributed by atoms with Crippen LogP contribution >= 0.6 is 7.80 Å². The summed E-state index contributed by atoms with van der Waals surface area (Å²) >= 11 is 0. The maximum Gasteiger partial charge on any atom is 0.338 e. The van der Waals surface area contributed by atoms with Crippen LogP contribution in [0.3, 0.4) is 0 Å². The molecule has 1 unspecified atom stereocenters. The highest BCUT2D eigenvalue weighted by atomic mass is 31.1. The quantitative estimate of drug-likeness (QED) is 0.373. The van der Waals surface area contributed by atoms with E-state index in [4.69, 9.17) is 0 Å². The summed E-state index contributed by atoms with van der Waals surface area (Å²) in [6.07, 6.45) is 12.1. The van der Waals surface area contributed by atoms with Crippen molar-refractivity contribution < 1.29 is 4.57 Å². The maximum absolute atomic E-state index is 11.4. The normalized spacial score (nSPS) is 11.7. The first-order chi connectivity index (χ1) is 6.81. The molecule has 2 heteroatoms. The fourth-order valence-electron chi connectivity index (χ4n) is 1.51. The standard InChI is InChI=1S/C12H26OP/c1-3-5-7-8-9-10-12-14(13)11-6-4-2/h3-12H2,1-2H3/q+1. The number of unbranched alkanes of at least 4 members (excludes halogenated alkanes) is 6. The van der Waals surface area contributed by atoms with Gasteiger partial charge in [0.2, 0.25) is 0 Å². The Kier molecular flexibility index (Phi) is 11.3. The Hall–Kier alpha value is 0.100. The van der Waals surface area contributed by atoms with E-state index in [-0.39, 0.29) is 0 Å². The third-order valence-corrected chi connectivity index (χ3v) is 4.15. The van der Waals surface area contributed by atoms with Gasteiger partial charge in [-0.1, -0.05) is 50.5 Å². The van der Waals surface area contributed by atoms with E-state index in [1.54, 1.807) is 0 Å². The van der Waals surface area contributed by atoms with Crippen molar-refractivity contribution >= 4 is 7.80 Å². The first kappa shape index (κ1) is 14.1. The second-order valence-corrected chi connectivity index (χ2v) is 5.91. The van der Waals surface area contributed by atoms with Crippen LogP contribution < -0.4 is 0 Å². The van der Waals surface area contributed by atoms with Gasteiger partial charge in [0.15, 0.2) is 0 Å². The first-order valence-corrected chi connectivity index (χ1v) is 7.86. The van der Waals surface area contributed by atoms with Crippen LogP contribution in [0.4, 0.5) is 0 Å². The van der Waals surface area contributed by atoms with E-state index >= 15 is 0 Å². The predicted molar refractivity (Wildman–Crippen MR) is 65.6 cm³/mol. The van der Waals surface area contributed by atoms with Crippen LogP contribution in [-0.4, -0.2) is 12.3 Å². The molecule has 84 valence electrons. The van der Waals surface area contributed by atoms with Crippen molar-refractivity contribution in [2.24, 2.45) is 0 Å². The molecule has 14 heavy (non-hydrogen) atoms. The Morgan fingerprint density at radius 1 is 0.714 bits per heavy atom. The van der Waals surface area contributed by atoms with Gasteiger partial charge in [-0.05, 0) is 19.3 Å². The Balaban J connectivity index is 3.07. The molecule has 1 nitrogen and oxygen atoms in total. The van der Waals surface area contributed by atoms with Crippen molar-refractivity contribution in [1.82, 2.24) is 0 Å². The average Bonchev–Trinajstić information content (AvgIpc) is 2.20. The zero-order valence-electron chi connectivity index (χ0n) is 9.93.